The molecule has 1 aromatic heterocycles. The second-order valence-electron chi connectivity index (χ2n) is 4.53. The Kier molecular flexibility index (Phi) is 4.04. The number of nitrogens with zero attached hydrogens (tertiary/aromatic N) is 4. The van der Waals surface area contributed by atoms with Crippen molar-refractivity contribution in [2.45, 2.75) is 33.7 Å². The molecule has 0 fully saturated rings. The molecule has 18 heavy (non-hydrogen) atoms. The summed E-state index contributed by atoms with van der Waals surface area (Å²) in [5.74, 6) is 0.841. The van der Waals surface area contributed by atoms with Crippen LogP contribution in [0, 0.1) is 13.8 Å². The molecular formula is C13H19N5. The molecule has 1 N–H and O–H groups in total. The van der Waals surface area contributed by atoms with Gasteiger partial charge in [-0.15, -0.1) is 5.10 Å². The van der Waals surface area contributed by atoms with Crippen molar-refractivity contribution in [1.82, 2.24) is 25.5 Å². The minimum atomic E-state index is 0.688. The van der Waals surface area contributed by atoms with Crippen LogP contribution >= 0.6 is 0 Å². The molecule has 0 unspecified atom stereocenters. The first-order chi connectivity index (χ1) is 8.70. The first-order valence-corrected chi connectivity index (χ1v) is 6.27. The minimum Gasteiger partial charge on any atom is -0.310 e. The fourth-order valence-corrected chi connectivity index (χ4v) is 1.97. The van der Waals surface area contributed by atoms with Gasteiger partial charge >= 0.3 is 0 Å². The molecule has 0 saturated heterocycles. The zero-order chi connectivity index (χ0) is 13.0. The van der Waals surface area contributed by atoms with E-state index in [1.165, 1.54) is 11.1 Å². The maximum Gasteiger partial charge on any atom is 0.170 e. The number of aromatic nitrogens is 4. The highest BCUT2D eigenvalue weighted by molar-refractivity contribution is 5.38. The summed E-state index contributed by atoms with van der Waals surface area (Å²) in [6.07, 6.45) is 1.10. The van der Waals surface area contributed by atoms with Crippen LogP contribution in [0.1, 0.15) is 30.3 Å². The Hall–Kier alpha value is -1.75. The van der Waals surface area contributed by atoms with Crippen molar-refractivity contribution >= 4 is 0 Å². The molecule has 0 aliphatic heterocycles. The van der Waals surface area contributed by atoms with E-state index in [4.69, 9.17) is 0 Å². The quantitative estimate of drug-likeness (QED) is 0.816. The number of nitrogens with one attached hydrogen (secondary N) is 1. The lowest BCUT2D eigenvalue weighted by Crippen LogP contribution is -2.17. The van der Waals surface area contributed by atoms with E-state index >= 15 is 0 Å². The average molecular weight is 245 g/mol. The Morgan fingerprint density at radius 3 is 2.56 bits per heavy atom. The van der Waals surface area contributed by atoms with Crippen LogP contribution in [-0.4, -0.2) is 26.8 Å². The monoisotopic (exact) mass is 245 g/mol. The average Bonchev–Trinajstić information content (AvgIpc) is 2.76. The van der Waals surface area contributed by atoms with E-state index in [9.17, 15) is 0 Å². The summed E-state index contributed by atoms with van der Waals surface area (Å²) >= 11 is 0. The van der Waals surface area contributed by atoms with Gasteiger partial charge in [0, 0.05) is 0 Å². The van der Waals surface area contributed by atoms with Gasteiger partial charge in [0.25, 0.3) is 0 Å². The lowest BCUT2D eigenvalue weighted by molar-refractivity contribution is 0.632. The predicted octanol–water partition coefficient (Wildman–Crippen LogP) is 1.78. The molecule has 0 saturated carbocycles. The lowest BCUT2D eigenvalue weighted by Gasteiger charge is -2.07. The zero-order valence-corrected chi connectivity index (χ0v) is 11.1. The van der Waals surface area contributed by atoms with Gasteiger partial charge in [0.1, 0.15) is 0 Å². The summed E-state index contributed by atoms with van der Waals surface area (Å²) in [7, 11) is 0. The molecule has 2 rings (SSSR count). The molecule has 0 bridgehead atoms. The van der Waals surface area contributed by atoms with Gasteiger partial charge in [0.15, 0.2) is 5.82 Å². The molecule has 0 radical (unpaired) electrons. The smallest absolute Gasteiger partial charge is 0.170 e. The molecule has 0 aliphatic carbocycles. The Labute approximate surface area is 107 Å². The van der Waals surface area contributed by atoms with Gasteiger partial charge in [0.2, 0.25) is 0 Å². The molecule has 5 heteroatoms. The topological polar surface area (TPSA) is 55.6 Å². The molecule has 1 aromatic carbocycles. The van der Waals surface area contributed by atoms with Crippen LogP contribution in [0.4, 0.5) is 0 Å². The van der Waals surface area contributed by atoms with Crippen LogP contribution in [-0.2, 0) is 6.54 Å². The Bertz CT molecular complexity index is 498. The van der Waals surface area contributed by atoms with E-state index in [-0.39, 0.29) is 0 Å². The number of rotatable bonds is 5. The second kappa shape index (κ2) is 5.73. The number of aryl methyl sites for hydroxylation is 2. The third kappa shape index (κ3) is 2.92. The van der Waals surface area contributed by atoms with Gasteiger partial charge in [-0.05, 0) is 60.5 Å². The first-order valence-electron chi connectivity index (χ1n) is 6.27. The molecule has 96 valence electrons. The fraction of sp³-hybridized carbons (Fsp3) is 0.462. The third-order valence-corrected chi connectivity index (χ3v) is 2.69. The van der Waals surface area contributed by atoms with Gasteiger partial charge in [-0.1, -0.05) is 13.0 Å². The van der Waals surface area contributed by atoms with Crippen molar-refractivity contribution in [2.75, 3.05) is 6.54 Å². The van der Waals surface area contributed by atoms with Gasteiger partial charge in [-0.25, -0.2) is 0 Å². The molecule has 0 atom stereocenters. The number of hydrogen-bond donors (Lipinski definition) is 1. The minimum absolute atomic E-state index is 0.688. The Morgan fingerprint density at radius 2 is 1.89 bits per heavy atom. The van der Waals surface area contributed by atoms with Gasteiger partial charge < -0.3 is 5.32 Å². The molecule has 1 heterocycles. The third-order valence-electron chi connectivity index (χ3n) is 2.69. The summed E-state index contributed by atoms with van der Waals surface area (Å²) in [5.41, 5.74) is 3.45. The fourth-order valence-electron chi connectivity index (χ4n) is 1.97. The maximum absolute atomic E-state index is 4.06. The largest absolute Gasteiger partial charge is 0.310 e. The van der Waals surface area contributed by atoms with Crippen LogP contribution in [0.3, 0.4) is 0 Å². The molecule has 0 aliphatic rings. The van der Waals surface area contributed by atoms with E-state index in [2.05, 4.69) is 59.8 Å². The second-order valence-corrected chi connectivity index (χ2v) is 4.53. The lowest BCUT2D eigenvalue weighted by atomic mass is 10.1. The standard InChI is InChI=1S/C13H19N5/c1-4-5-14-9-13-15-16-17-18(13)12-7-10(2)6-11(3)8-12/h6-8,14H,4-5,9H2,1-3H3. The van der Waals surface area contributed by atoms with Crippen molar-refractivity contribution in [1.29, 1.82) is 0 Å². The van der Waals surface area contributed by atoms with E-state index in [0.29, 0.717) is 6.54 Å². The normalized spacial score (nSPS) is 10.8. The van der Waals surface area contributed by atoms with Crippen LogP contribution in [0.15, 0.2) is 18.2 Å². The summed E-state index contributed by atoms with van der Waals surface area (Å²) in [6.45, 7) is 7.96. The van der Waals surface area contributed by atoms with Crippen LogP contribution < -0.4 is 5.32 Å². The molecule has 2 aromatic rings. The molecular weight excluding hydrogens is 226 g/mol. The molecule has 0 spiro atoms. The van der Waals surface area contributed by atoms with Crippen molar-refractivity contribution in [3.63, 3.8) is 0 Å². The van der Waals surface area contributed by atoms with Crippen LogP contribution in [0.2, 0.25) is 0 Å². The highest BCUT2D eigenvalue weighted by Crippen LogP contribution is 2.13. The molecule has 0 amide bonds. The number of benzene rings is 1. The van der Waals surface area contributed by atoms with Gasteiger partial charge in [0.05, 0.1) is 12.2 Å². The van der Waals surface area contributed by atoms with E-state index in [1.54, 1.807) is 4.68 Å². The molecule has 5 nitrogen and oxygen atoms in total. The summed E-state index contributed by atoms with van der Waals surface area (Å²) in [5, 5.41) is 15.2. The van der Waals surface area contributed by atoms with Crippen LogP contribution in [0.25, 0.3) is 5.69 Å². The Balaban J connectivity index is 2.24. The first kappa shape index (κ1) is 12.7. The van der Waals surface area contributed by atoms with Crippen molar-refractivity contribution in [3.8, 4) is 5.69 Å². The van der Waals surface area contributed by atoms with Crippen molar-refractivity contribution in [3.05, 3.63) is 35.2 Å². The van der Waals surface area contributed by atoms with Crippen LogP contribution in [0.5, 0.6) is 0 Å². The van der Waals surface area contributed by atoms with Gasteiger partial charge in [-0.2, -0.15) is 4.68 Å². The van der Waals surface area contributed by atoms with E-state index in [1.807, 2.05) is 0 Å². The highest BCUT2D eigenvalue weighted by atomic mass is 15.5. The predicted molar refractivity (Wildman–Crippen MR) is 70.6 cm³/mol. The summed E-state index contributed by atoms with van der Waals surface area (Å²) in [6, 6.07) is 6.32. The zero-order valence-electron chi connectivity index (χ0n) is 11.1. The van der Waals surface area contributed by atoms with Gasteiger partial charge in [-0.3, -0.25) is 0 Å². The number of hydrogen-bond acceptors (Lipinski definition) is 4. The Morgan fingerprint density at radius 1 is 1.17 bits per heavy atom. The highest BCUT2D eigenvalue weighted by Gasteiger charge is 2.08. The maximum atomic E-state index is 4.06. The van der Waals surface area contributed by atoms with Crippen molar-refractivity contribution in [2.24, 2.45) is 0 Å². The number of tetrazole rings is 1. The van der Waals surface area contributed by atoms with Crippen molar-refractivity contribution < 1.29 is 0 Å². The summed E-state index contributed by atoms with van der Waals surface area (Å²) < 4.78 is 1.79. The SMILES string of the molecule is CCCNCc1nnnn1-c1cc(C)cc(C)c1. The van der Waals surface area contributed by atoms with E-state index < -0.39 is 0 Å². The van der Waals surface area contributed by atoms with E-state index in [0.717, 1.165) is 24.5 Å². The summed E-state index contributed by atoms with van der Waals surface area (Å²) in [4.78, 5) is 0.